The van der Waals surface area contributed by atoms with Crippen molar-refractivity contribution < 1.29 is 4.74 Å². The minimum atomic E-state index is 0. The molecule has 2 rings (SSSR count). The molecule has 7 heteroatoms. The molecule has 0 spiro atoms. The van der Waals surface area contributed by atoms with Gasteiger partial charge in [-0.15, -0.1) is 24.0 Å². The van der Waals surface area contributed by atoms with E-state index in [1.54, 1.807) is 7.11 Å². The molecular weight excluding hydrogens is 417 g/mol. The summed E-state index contributed by atoms with van der Waals surface area (Å²) in [4.78, 5) is 11.5. The van der Waals surface area contributed by atoms with Gasteiger partial charge in [0.15, 0.2) is 5.96 Å². The fourth-order valence-corrected chi connectivity index (χ4v) is 2.68. The highest BCUT2D eigenvalue weighted by atomic mass is 127. The second kappa shape index (κ2) is 12.3. The molecule has 1 saturated heterocycles. The third-order valence-electron chi connectivity index (χ3n) is 3.90. The Hall–Kier alpha value is -1.09. The third-order valence-corrected chi connectivity index (χ3v) is 3.90. The van der Waals surface area contributed by atoms with Crippen molar-refractivity contribution >= 4 is 29.9 Å². The molecule has 1 aliphatic heterocycles. The normalized spacial score (nSPS) is 15.5. The SMILES string of the molecule is CCNC(=NCc1cccc(OC)n1)NCCN1CCCCC1.I. The standard InChI is InChI=1S/C17H29N5O.HI/c1-3-18-17(19-10-13-22-11-5-4-6-12-22)20-14-15-8-7-9-16(21-15)23-2;/h7-9H,3-6,10-14H2,1-2H3,(H2,18,19,20);1H. The van der Waals surface area contributed by atoms with Crippen molar-refractivity contribution in [1.82, 2.24) is 20.5 Å². The highest BCUT2D eigenvalue weighted by Gasteiger charge is 2.09. The largest absolute Gasteiger partial charge is 0.481 e. The Bertz CT molecular complexity index is 492. The number of aromatic nitrogens is 1. The Kier molecular flexibility index (Phi) is 10.7. The summed E-state index contributed by atoms with van der Waals surface area (Å²) in [6.45, 7) is 7.90. The Morgan fingerprint density at radius 1 is 1.25 bits per heavy atom. The van der Waals surface area contributed by atoms with Crippen molar-refractivity contribution in [3.8, 4) is 5.88 Å². The molecule has 1 aliphatic rings. The van der Waals surface area contributed by atoms with Gasteiger partial charge in [0.25, 0.3) is 0 Å². The first-order valence-corrected chi connectivity index (χ1v) is 8.56. The molecule has 2 heterocycles. The Balaban J connectivity index is 0.00000288. The summed E-state index contributed by atoms with van der Waals surface area (Å²) < 4.78 is 5.14. The maximum atomic E-state index is 5.14. The molecule has 0 aliphatic carbocycles. The molecule has 6 nitrogen and oxygen atoms in total. The average Bonchev–Trinajstić information content (AvgIpc) is 2.61. The summed E-state index contributed by atoms with van der Waals surface area (Å²) in [5, 5.41) is 6.69. The van der Waals surface area contributed by atoms with Crippen molar-refractivity contribution in [3.05, 3.63) is 23.9 Å². The Labute approximate surface area is 162 Å². The van der Waals surface area contributed by atoms with Crippen LogP contribution in [0.3, 0.4) is 0 Å². The number of nitrogens with zero attached hydrogens (tertiary/aromatic N) is 3. The van der Waals surface area contributed by atoms with Gasteiger partial charge >= 0.3 is 0 Å². The summed E-state index contributed by atoms with van der Waals surface area (Å²) in [7, 11) is 1.63. The van der Waals surface area contributed by atoms with Gasteiger partial charge in [-0.3, -0.25) is 0 Å². The van der Waals surface area contributed by atoms with E-state index in [9.17, 15) is 0 Å². The van der Waals surface area contributed by atoms with E-state index >= 15 is 0 Å². The lowest BCUT2D eigenvalue weighted by molar-refractivity contribution is 0.232. The number of halogens is 1. The highest BCUT2D eigenvalue weighted by molar-refractivity contribution is 14.0. The summed E-state index contributed by atoms with van der Waals surface area (Å²) in [6.07, 6.45) is 4.03. The van der Waals surface area contributed by atoms with E-state index in [-0.39, 0.29) is 24.0 Å². The fourth-order valence-electron chi connectivity index (χ4n) is 2.68. The first-order chi connectivity index (χ1) is 11.3. The van der Waals surface area contributed by atoms with Gasteiger partial charge in [0, 0.05) is 25.7 Å². The average molecular weight is 447 g/mol. The first-order valence-electron chi connectivity index (χ1n) is 8.56. The molecule has 0 radical (unpaired) electrons. The number of piperidine rings is 1. The zero-order chi connectivity index (χ0) is 16.3. The van der Waals surface area contributed by atoms with Crippen LogP contribution in [0.2, 0.25) is 0 Å². The number of methoxy groups -OCH3 is 1. The van der Waals surface area contributed by atoms with Crippen LogP contribution in [0.4, 0.5) is 0 Å². The van der Waals surface area contributed by atoms with Crippen LogP contribution >= 0.6 is 24.0 Å². The van der Waals surface area contributed by atoms with Crippen molar-refractivity contribution in [3.63, 3.8) is 0 Å². The van der Waals surface area contributed by atoms with Crippen LogP contribution in [-0.4, -0.2) is 55.7 Å². The summed E-state index contributed by atoms with van der Waals surface area (Å²) in [6, 6.07) is 5.74. The van der Waals surface area contributed by atoms with E-state index in [1.807, 2.05) is 18.2 Å². The lowest BCUT2D eigenvalue weighted by Gasteiger charge is -2.26. The van der Waals surface area contributed by atoms with Gasteiger partial charge in [-0.1, -0.05) is 12.5 Å². The van der Waals surface area contributed by atoms with Crippen LogP contribution in [0, 0.1) is 0 Å². The molecule has 2 N–H and O–H groups in total. The number of pyridine rings is 1. The van der Waals surface area contributed by atoms with Crippen LogP contribution < -0.4 is 15.4 Å². The van der Waals surface area contributed by atoms with E-state index in [0.717, 1.165) is 31.3 Å². The van der Waals surface area contributed by atoms with E-state index < -0.39 is 0 Å². The van der Waals surface area contributed by atoms with Gasteiger partial charge in [-0.25, -0.2) is 9.98 Å². The van der Waals surface area contributed by atoms with E-state index in [4.69, 9.17) is 4.74 Å². The lowest BCUT2D eigenvalue weighted by Crippen LogP contribution is -2.42. The third kappa shape index (κ3) is 7.65. The molecule has 1 aromatic rings. The molecule has 24 heavy (non-hydrogen) atoms. The molecule has 0 unspecified atom stereocenters. The smallest absolute Gasteiger partial charge is 0.213 e. The van der Waals surface area contributed by atoms with Gasteiger partial charge in [-0.05, 0) is 38.9 Å². The second-order valence-corrected chi connectivity index (χ2v) is 5.70. The van der Waals surface area contributed by atoms with Crippen LogP contribution in [0.25, 0.3) is 0 Å². The summed E-state index contributed by atoms with van der Waals surface area (Å²) in [5.41, 5.74) is 0.901. The number of rotatable bonds is 7. The maximum absolute atomic E-state index is 5.14. The van der Waals surface area contributed by atoms with Crippen molar-refractivity contribution in [2.45, 2.75) is 32.7 Å². The molecule has 0 amide bonds. The molecular formula is C17H30IN5O. The van der Waals surface area contributed by atoms with Crippen LogP contribution in [-0.2, 0) is 6.54 Å². The molecule has 0 bridgehead atoms. The summed E-state index contributed by atoms with van der Waals surface area (Å²) >= 11 is 0. The highest BCUT2D eigenvalue weighted by Crippen LogP contribution is 2.08. The predicted octanol–water partition coefficient (Wildman–Crippen LogP) is 2.25. The quantitative estimate of drug-likeness (QED) is 0.382. The van der Waals surface area contributed by atoms with Crippen LogP contribution in [0.1, 0.15) is 31.9 Å². The number of nitrogens with one attached hydrogen (secondary N) is 2. The molecule has 0 saturated carbocycles. The number of guanidine groups is 1. The van der Waals surface area contributed by atoms with Crippen molar-refractivity contribution in [2.75, 3.05) is 39.8 Å². The molecule has 1 aromatic heterocycles. The van der Waals surface area contributed by atoms with Crippen molar-refractivity contribution in [1.29, 1.82) is 0 Å². The van der Waals surface area contributed by atoms with Crippen LogP contribution in [0.15, 0.2) is 23.2 Å². The van der Waals surface area contributed by atoms with Gasteiger partial charge in [0.1, 0.15) is 0 Å². The second-order valence-electron chi connectivity index (χ2n) is 5.70. The molecule has 0 atom stereocenters. The maximum Gasteiger partial charge on any atom is 0.213 e. The number of aliphatic imine (C=N–C) groups is 1. The topological polar surface area (TPSA) is 61.8 Å². The summed E-state index contributed by atoms with van der Waals surface area (Å²) in [5.74, 6) is 1.47. The van der Waals surface area contributed by atoms with Gasteiger partial charge in [0.05, 0.1) is 19.3 Å². The minimum Gasteiger partial charge on any atom is -0.481 e. The van der Waals surface area contributed by atoms with E-state index in [1.165, 1.54) is 32.4 Å². The van der Waals surface area contributed by atoms with E-state index in [0.29, 0.717) is 12.4 Å². The Morgan fingerprint density at radius 2 is 2.04 bits per heavy atom. The lowest BCUT2D eigenvalue weighted by atomic mass is 10.1. The molecule has 0 aromatic carbocycles. The number of hydrogen-bond donors (Lipinski definition) is 2. The minimum absolute atomic E-state index is 0. The van der Waals surface area contributed by atoms with Crippen LogP contribution in [0.5, 0.6) is 5.88 Å². The Morgan fingerprint density at radius 3 is 2.75 bits per heavy atom. The number of likely N-dealkylation sites (tertiary alicyclic amines) is 1. The van der Waals surface area contributed by atoms with Gasteiger partial charge in [-0.2, -0.15) is 0 Å². The molecule has 1 fully saturated rings. The zero-order valence-electron chi connectivity index (χ0n) is 14.8. The van der Waals surface area contributed by atoms with Gasteiger partial charge < -0.3 is 20.3 Å². The first kappa shape index (κ1) is 21.0. The van der Waals surface area contributed by atoms with E-state index in [2.05, 4.69) is 32.4 Å². The zero-order valence-corrected chi connectivity index (χ0v) is 17.1. The molecule has 136 valence electrons. The number of ether oxygens (including phenoxy) is 1. The monoisotopic (exact) mass is 447 g/mol. The number of hydrogen-bond acceptors (Lipinski definition) is 4. The fraction of sp³-hybridized carbons (Fsp3) is 0.647. The van der Waals surface area contributed by atoms with Crippen molar-refractivity contribution in [2.24, 2.45) is 4.99 Å². The van der Waals surface area contributed by atoms with Gasteiger partial charge in [0.2, 0.25) is 5.88 Å². The predicted molar refractivity (Wildman–Crippen MR) is 109 cm³/mol.